The maximum atomic E-state index is 5.88. The number of rotatable bonds is 1. The van der Waals surface area contributed by atoms with Crippen molar-refractivity contribution < 1.29 is 9.47 Å². The summed E-state index contributed by atoms with van der Waals surface area (Å²) in [5.74, 6) is 2.18. The van der Waals surface area contributed by atoms with Gasteiger partial charge >= 0.3 is 0 Å². The molecule has 5 nitrogen and oxygen atoms in total. The molecule has 0 unspecified atom stereocenters. The number of hydrogen-bond acceptors (Lipinski definition) is 4. The van der Waals surface area contributed by atoms with Gasteiger partial charge in [-0.2, -0.15) is 5.10 Å². The molecular weight excluding hydrogens is 230 g/mol. The van der Waals surface area contributed by atoms with E-state index in [0.717, 1.165) is 33.8 Å². The average molecular weight is 245 g/mol. The van der Waals surface area contributed by atoms with Gasteiger partial charge in [0, 0.05) is 5.56 Å². The van der Waals surface area contributed by atoms with Crippen LogP contribution in [-0.2, 0) is 0 Å². The van der Waals surface area contributed by atoms with Crippen LogP contribution >= 0.6 is 0 Å². The van der Waals surface area contributed by atoms with Gasteiger partial charge in [0.15, 0.2) is 11.5 Å². The van der Waals surface area contributed by atoms with E-state index < -0.39 is 0 Å². The van der Waals surface area contributed by atoms with Gasteiger partial charge in [0.2, 0.25) is 0 Å². The first-order valence-electron chi connectivity index (χ1n) is 5.87. The van der Waals surface area contributed by atoms with Crippen molar-refractivity contribution in [2.75, 3.05) is 18.9 Å². The van der Waals surface area contributed by atoms with Crippen LogP contribution in [0.2, 0.25) is 0 Å². The Hall–Kier alpha value is -2.17. The van der Waals surface area contributed by atoms with Crippen molar-refractivity contribution in [3.8, 4) is 22.6 Å². The molecule has 0 bridgehead atoms. The van der Waals surface area contributed by atoms with Crippen molar-refractivity contribution in [3.63, 3.8) is 0 Å². The summed E-state index contributed by atoms with van der Waals surface area (Å²) in [6.45, 7) is 5.26. The topological polar surface area (TPSA) is 73.2 Å². The quantitative estimate of drug-likeness (QED) is 0.806. The number of fused-ring (bicyclic) bond motifs is 1. The molecule has 2 aromatic rings. The number of anilines is 1. The predicted octanol–water partition coefficient (Wildman–Crippen LogP) is 2.05. The zero-order valence-corrected chi connectivity index (χ0v) is 10.4. The van der Waals surface area contributed by atoms with Gasteiger partial charge in [-0.15, -0.1) is 0 Å². The summed E-state index contributed by atoms with van der Waals surface area (Å²) >= 11 is 0. The molecule has 0 amide bonds. The van der Waals surface area contributed by atoms with Gasteiger partial charge in [-0.25, -0.2) is 0 Å². The lowest BCUT2D eigenvalue weighted by Crippen LogP contribution is -2.16. The zero-order valence-electron chi connectivity index (χ0n) is 10.4. The minimum Gasteiger partial charge on any atom is -0.486 e. The Labute approximate surface area is 105 Å². The van der Waals surface area contributed by atoms with E-state index in [4.69, 9.17) is 15.2 Å². The summed E-state index contributed by atoms with van der Waals surface area (Å²) in [5, 5.41) is 6.71. The molecule has 5 heteroatoms. The third kappa shape index (κ3) is 1.51. The van der Waals surface area contributed by atoms with Gasteiger partial charge in [0.1, 0.15) is 19.0 Å². The second kappa shape index (κ2) is 3.94. The first-order chi connectivity index (χ1) is 8.68. The maximum absolute atomic E-state index is 5.88. The number of nitrogen functional groups attached to an aromatic ring is 1. The number of benzene rings is 1. The van der Waals surface area contributed by atoms with E-state index >= 15 is 0 Å². The molecular formula is C13H15N3O2. The first kappa shape index (κ1) is 11.0. The Balaban J connectivity index is 2.22. The fraction of sp³-hybridized carbons (Fsp3) is 0.308. The van der Waals surface area contributed by atoms with Crippen LogP contribution in [0.5, 0.6) is 11.5 Å². The summed E-state index contributed by atoms with van der Waals surface area (Å²) in [6.07, 6.45) is 1.73. The fourth-order valence-corrected chi connectivity index (χ4v) is 2.23. The molecule has 94 valence electrons. The normalized spacial score (nSPS) is 13.7. The second-order valence-corrected chi connectivity index (χ2v) is 4.40. The molecule has 1 aliphatic rings. The fourth-order valence-electron chi connectivity index (χ4n) is 2.23. The lowest BCUT2D eigenvalue weighted by molar-refractivity contribution is 0.170. The van der Waals surface area contributed by atoms with Crippen molar-refractivity contribution in [2.24, 2.45) is 0 Å². The van der Waals surface area contributed by atoms with Gasteiger partial charge in [-0.3, -0.25) is 5.10 Å². The van der Waals surface area contributed by atoms with Gasteiger partial charge in [0.25, 0.3) is 0 Å². The molecule has 0 aliphatic carbocycles. The van der Waals surface area contributed by atoms with E-state index in [1.165, 1.54) is 0 Å². The van der Waals surface area contributed by atoms with Crippen LogP contribution in [0, 0.1) is 13.8 Å². The first-order valence-corrected chi connectivity index (χ1v) is 5.87. The molecule has 1 aromatic carbocycles. The third-order valence-electron chi connectivity index (χ3n) is 3.35. The van der Waals surface area contributed by atoms with Gasteiger partial charge in [-0.1, -0.05) is 0 Å². The van der Waals surface area contributed by atoms with Crippen molar-refractivity contribution in [1.29, 1.82) is 0 Å². The van der Waals surface area contributed by atoms with Crippen LogP contribution in [0.25, 0.3) is 11.1 Å². The smallest absolute Gasteiger partial charge is 0.164 e. The van der Waals surface area contributed by atoms with E-state index in [0.29, 0.717) is 19.0 Å². The summed E-state index contributed by atoms with van der Waals surface area (Å²) in [6, 6.07) is 1.97. The highest BCUT2D eigenvalue weighted by atomic mass is 16.6. The SMILES string of the molecule is Cc1c(-c2cn[nH]c2N)cc2c(c1C)OCCO2. The molecule has 18 heavy (non-hydrogen) atoms. The minimum absolute atomic E-state index is 0.564. The van der Waals surface area contributed by atoms with Crippen LogP contribution < -0.4 is 15.2 Å². The number of H-pyrrole nitrogens is 1. The Morgan fingerprint density at radius 2 is 1.94 bits per heavy atom. The van der Waals surface area contributed by atoms with Gasteiger partial charge < -0.3 is 15.2 Å². The Morgan fingerprint density at radius 3 is 2.67 bits per heavy atom. The molecule has 3 N–H and O–H groups in total. The molecule has 2 heterocycles. The molecule has 1 aromatic heterocycles. The van der Waals surface area contributed by atoms with Gasteiger partial charge in [0.05, 0.1) is 6.20 Å². The monoisotopic (exact) mass is 245 g/mol. The predicted molar refractivity (Wildman–Crippen MR) is 68.9 cm³/mol. The maximum Gasteiger partial charge on any atom is 0.164 e. The molecule has 0 fully saturated rings. The van der Waals surface area contributed by atoms with Crippen molar-refractivity contribution in [3.05, 3.63) is 23.4 Å². The number of nitrogens with two attached hydrogens (primary N) is 1. The number of nitrogens with one attached hydrogen (secondary N) is 1. The number of nitrogens with zero attached hydrogens (tertiary/aromatic N) is 1. The second-order valence-electron chi connectivity index (χ2n) is 4.40. The number of hydrogen-bond donors (Lipinski definition) is 2. The molecule has 0 radical (unpaired) electrons. The van der Waals surface area contributed by atoms with Crippen molar-refractivity contribution in [2.45, 2.75) is 13.8 Å². The highest BCUT2D eigenvalue weighted by Gasteiger charge is 2.20. The van der Waals surface area contributed by atoms with E-state index in [1.54, 1.807) is 6.20 Å². The van der Waals surface area contributed by atoms with Crippen LogP contribution in [0.3, 0.4) is 0 Å². The highest BCUT2D eigenvalue weighted by Crippen LogP contribution is 2.41. The summed E-state index contributed by atoms with van der Waals surface area (Å²) in [5.41, 5.74) is 10.0. The number of aromatic nitrogens is 2. The standard InChI is InChI=1S/C13H15N3O2/c1-7-8(2)12-11(17-3-4-18-12)5-9(7)10-6-15-16-13(10)14/h5-6H,3-4H2,1-2H3,(H3,14,15,16). The summed E-state index contributed by atoms with van der Waals surface area (Å²) < 4.78 is 11.3. The number of ether oxygens (including phenoxy) is 2. The van der Waals surface area contributed by atoms with E-state index in [2.05, 4.69) is 17.1 Å². The average Bonchev–Trinajstić information content (AvgIpc) is 2.80. The minimum atomic E-state index is 0.564. The Bertz CT molecular complexity index is 605. The molecule has 0 atom stereocenters. The summed E-state index contributed by atoms with van der Waals surface area (Å²) in [7, 11) is 0. The highest BCUT2D eigenvalue weighted by molar-refractivity contribution is 5.79. The molecule has 0 saturated heterocycles. The zero-order chi connectivity index (χ0) is 12.7. The van der Waals surface area contributed by atoms with Crippen LogP contribution in [0.4, 0.5) is 5.82 Å². The van der Waals surface area contributed by atoms with Crippen molar-refractivity contribution in [1.82, 2.24) is 10.2 Å². The third-order valence-corrected chi connectivity index (χ3v) is 3.35. The summed E-state index contributed by atoms with van der Waals surface area (Å²) in [4.78, 5) is 0. The molecule has 0 saturated carbocycles. The molecule has 0 spiro atoms. The largest absolute Gasteiger partial charge is 0.486 e. The lowest BCUT2D eigenvalue weighted by Gasteiger charge is -2.23. The van der Waals surface area contributed by atoms with E-state index in [-0.39, 0.29) is 0 Å². The van der Waals surface area contributed by atoms with E-state index in [1.807, 2.05) is 13.0 Å². The molecule has 3 rings (SSSR count). The van der Waals surface area contributed by atoms with Gasteiger partial charge in [-0.05, 0) is 36.6 Å². The lowest BCUT2D eigenvalue weighted by atomic mass is 9.97. The van der Waals surface area contributed by atoms with Crippen LogP contribution in [0.15, 0.2) is 12.3 Å². The number of aromatic amines is 1. The van der Waals surface area contributed by atoms with Crippen LogP contribution in [-0.4, -0.2) is 23.4 Å². The van der Waals surface area contributed by atoms with Crippen molar-refractivity contribution >= 4 is 5.82 Å². The Kier molecular flexibility index (Phi) is 2.40. The van der Waals surface area contributed by atoms with E-state index in [9.17, 15) is 0 Å². The van der Waals surface area contributed by atoms with Crippen LogP contribution in [0.1, 0.15) is 11.1 Å². The Morgan fingerprint density at radius 1 is 1.17 bits per heavy atom. The molecule has 1 aliphatic heterocycles.